The van der Waals surface area contributed by atoms with Gasteiger partial charge in [-0.1, -0.05) is 13.8 Å². The Bertz CT molecular complexity index is 273. The van der Waals surface area contributed by atoms with E-state index >= 15 is 0 Å². The lowest BCUT2D eigenvalue weighted by Gasteiger charge is -2.17. The Morgan fingerprint density at radius 3 is 2.32 bits per heavy atom. The second-order valence-electron chi connectivity index (χ2n) is 6.03. The maximum absolute atomic E-state index is 11.4. The van der Waals surface area contributed by atoms with E-state index in [1.165, 1.54) is 0 Å². The highest BCUT2D eigenvalue weighted by molar-refractivity contribution is 5.77. The second-order valence-corrected chi connectivity index (χ2v) is 6.03. The largest absolute Gasteiger partial charge is 0.378 e. The molecule has 0 aromatic rings. The number of carbonyl (C=O) groups is 1. The van der Waals surface area contributed by atoms with Crippen LogP contribution in [0.5, 0.6) is 0 Å². The van der Waals surface area contributed by atoms with Crippen molar-refractivity contribution < 1.29 is 14.3 Å². The van der Waals surface area contributed by atoms with Crippen LogP contribution in [0, 0.1) is 5.92 Å². The van der Waals surface area contributed by atoms with Gasteiger partial charge in [-0.05, 0) is 20.9 Å². The predicted octanol–water partition coefficient (Wildman–Crippen LogP) is 0.722. The zero-order valence-corrected chi connectivity index (χ0v) is 15.0. The molecule has 22 heavy (non-hydrogen) atoms. The van der Waals surface area contributed by atoms with Gasteiger partial charge in [-0.3, -0.25) is 4.79 Å². The van der Waals surface area contributed by atoms with Gasteiger partial charge in [0, 0.05) is 38.6 Å². The number of ether oxygens (including phenoxy) is 2. The number of hydrogen-bond acceptors (Lipinski definition) is 5. The minimum Gasteiger partial charge on any atom is -0.378 e. The second kappa shape index (κ2) is 13.9. The van der Waals surface area contributed by atoms with E-state index in [9.17, 15) is 4.79 Å². The van der Waals surface area contributed by atoms with Gasteiger partial charge < -0.3 is 25.0 Å². The van der Waals surface area contributed by atoms with Crippen LogP contribution in [0.2, 0.25) is 0 Å². The summed E-state index contributed by atoms with van der Waals surface area (Å²) in [5.41, 5.74) is 0. The number of rotatable bonds is 14. The van der Waals surface area contributed by atoms with Crippen molar-refractivity contribution in [3.8, 4) is 0 Å². The monoisotopic (exact) mass is 317 g/mol. The third-order valence-corrected chi connectivity index (χ3v) is 3.09. The lowest BCUT2D eigenvalue weighted by Crippen LogP contribution is -2.37. The topological polar surface area (TPSA) is 62.8 Å². The first-order valence-corrected chi connectivity index (χ1v) is 8.29. The van der Waals surface area contributed by atoms with Gasteiger partial charge in [0.1, 0.15) is 0 Å². The molecule has 0 fully saturated rings. The quantitative estimate of drug-likeness (QED) is 0.462. The van der Waals surface area contributed by atoms with Crippen molar-refractivity contribution >= 4 is 5.91 Å². The minimum absolute atomic E-state index is 0.0536. The molecule has 0 saturated carbocycles. The van der Waals surface area contributed by atoms with Crippen molar-refractivity contribution in [1.82, 2.24) is 15.5 Å². The zero-order chi connectivity index (χ0) is 16.8. The predicted molar refractivity (Wildman–Crippen MR) is 90.1 cm³/mol. The fraction of sp³-hybridized carbons (Fsp3) is 0.938. The third-order valence-electron chi connectivity index (χ3n) is 3.09. The summed E-state index contributed by atoms with van der Waals surface area (Å²) in [5, 5.41) is 6.26. The van der Waals surface area contributed by atoms with E-state index in [-0.39, 0.29) is 17.9 Å². The van der Waals surface area contributed by atoms with Crippen molar-refractivity contribution in [2.45, 2.75) is 33.8 Å². The average molecular weight is 317 g/mol. The summed E-state index contributed by atoms with van der Waals surface area (Å²) in [6, 6.07) is 0. The molecule has 0 bridgehead atoms. The Morgan fingerprint density at radius 2 is 1.68 bits per heavy atom. The SMILES string of the molecule is CC(C)OCCOCCNCCN(C)CCNC(=O)C(C)C. The molecule has 1 amide bonds. The normalized spacial score (nSPS) is 11.6. The molecule has 0 aliphatic carbocycles. The molecule has 0 saturated heterocycles. The van der Waals surface area contributed by atoms with Gasteiger partial charge in [-0.15, -0.1) is 0 Å². The van der Waals surface area contributed by atoms with Crippen LogP contribution in [0.3, 0.4) is 0 Å². The molecule has 6 heteroatoms. The fourth-order valence-corrected chi connectivity index (χ4v) is 1.67. The van der Waals surface area contributed by atoms with Crippen LogP contribution in [0.25, 0.3) is 0 Å². The first-order chi connectivity index (χ1) is 10.4. The molecule has 0 rings (SSSR count). The number of nitrogens with one attached hydrogen (secondary N) is 2. The highest BCUT2D eigenvalue weighted by Gasteiger charge is 2.05. The molecule has 6 nitrogen and oxygen atoms in total. The maximum Gasteiger partial charge on any atom is 0.222 e. The number of carbonyl (C=O) groups excluding carboxylic acids is 1. The summed E-state index contributed by atoms with van der Waals surface area (Å²) in [6.07, 6.45) is 0.266. The smallest absolute Gasteiger partial charge is 0.222 e. The first-order valence-electron chi connectivity index (χ1n) is 8.29. The molecular weight excluding hydrogens is 282 g/mol. The van der Waals surface area contributed by atoms with E-state index in [0.29, 0.717) is 26.4 Å². The van der Waals surface area contributed by atoms with Crippen molar-refractivity contribution in [3.05, 3.63) is 0 Å². The van der Waals surface area contributed by atoms with E-state index in [2.05, 4.69) is 22.6 Å². The van der Waals surface area contributed by atoms with Crippen molar-refractivity contribution in [3.63, 3.8) is 0 Å². The molecule has 2 N–H and O–H groups in total. The fourth-order valence-electron chi connectivity index (χ4n) is 1.67. The van der Waals surface area contributed by atoms with Crippen LogP contribution in [0.15, 0.2) is 0 Å². The molecule has 0 aliphatic rings. The van der Waals surface area contributed by atoms with Gasteiger partial charge in [0.25, 0.3) is 0 Å². The van der Waals surface area contributed by atoms with Crippen LogP contribution in [0.4, 0.5) is 0 Å². The van der Waals surface area contributed by atoms with Gasteiger partial charge in [-0.2, -0.15) is 0 Å². The average Bonchev–Trinajstić information content (AvgIpc) is 2.44. The number of likely N-dealkylation sites (N-methyl/N-ethyl adjacent to an activating group) is 1. The van der Waals surface area contributed by atoms with E-state index in [4.69, 9.17) is 9.47 Å². The Morgan fingerprint density at radius 1 is 1.00 bits per heavy atom. The standard InChI is InChI=1S/C16H35N3O3/c1-14(2)16(20)18-7-10-19(5)9-6-17-8-11-21-12-13-22-15(3)4/h14-15,17H,6-13H2,1-5H3,(H,18,20). The lowest BCUT2D eigenvalue weighted by molar-refractivity contribution is -0.124. The van der Waals surface area contributed by atoms with Crippen molar-refractivity contribution in [1.29, 1.82) is 0 Å². The number of amides is 1. The molecule has 0 aromatic heterocycles. The van der Waals surface area contributed by atoms with Crippen LogP contribution in [-0.4, -0.2) is 76.5 Å². The van der Waals surface area contributed by atoms with Crippen molar-refractivity contribution in [2.75, 3.05) is 59.6 Å². The lowest BCUT2D eigenvalue weighted by atomic mass is 10.2. The van der Waals surface area contributed by atoms with Gasteiger partial charge in [-0.25, -0.2) is 0 Å². The van der Waals surface area contributed by atoms with Crippen LogP contribution < -0.4 is 10.6 Å². The highest BCUT2D eigenvalue weighted by atomic mass is 16.5. The van der Waals surface area contributed by atoms with Crippen LogP contribution in [-0.2, 0) is 14.3 Å². The molecule has 0 aliphatic heterocycles. The molecule has 0 aromatic carbocycles. The molecule has 0 heterocycles. The Balaban J connectivity index is 3.28. The maximum atomic E-state index is 11.4. The molecule has 0 unspecified atom stereocenters. The minimum atomic E-state index is 0.0536. The summed E-state index contributed by atoms with van der Waals surface area (Å²) >= 11 is 0. The van der Waals surface area contributed by atoms with Gasteiger partial charge >= 0.3 is 0 Å². The van der Waals surface area contributed by atoms with Gasteiger partial charge in [0.15, 0.2) is 0 Å². The van der Waals surface area contributed by atoms with Gasteiger partial charge in [0.05, 0.1) is 25.9 Å². The summed E-state index contributed by atoms with van der Waals surface area (Å²) in [6.45, 7) is 14.1. The molecular formula is C16H35N3O3. The van der Waals surface area contributed by atoms with E-state index in [0.717, 1.165) is 26.2 Å². The van der Waals surface area contributed by atoms with E-state index in [1.807, 2.05) is 27.7 Å². The van der Waals surface area contributed by atoms with Crippen molar-refractivity contribution in [2.24, 2.45) is 5.92 Å². The number of nitrogens with zero attached hydrogens (tertiary/aromatic N) is 1. The summed E-state index contributed by atoms with van der Waals surface area (Å²) < 4.78 is 10.8. The molecule has 0 atom stereocenters. The van der Waals surface area contributed by atoms with E-state index in [1.54, 1.807) is 0 Å². The Kier molecular flexibility index (Phi) is 13.5. The zero-order valence-electron chi connectivity index (χ0n) is 15.0. The highest BCUT2D eigenvalue weighted by Crippen LogP contribution is 1.90. The summed E-state index contributed by atoms with van der Waals surface area (Å²) in [4.78, 5) is 13.6. The Labute approximate surface area is 135 Å². The number of hydrogen-bond donors (Lipinski definition) is 2. The van der Waals surface area contributed by atoms with Crippen LogP contribution >= 0.6 is 0 Å². The Hall–Kier alpha value is -0.690. The first kappa shape index (κ1) is 21.3. The molecule has 132 valence electrons. The summed E-state index contributed by atoms with van der Waals surface area (Å²) in [7, 11) is 2.06. The molecule has 0 spiro atoms. The molecule has 0 radical (unpaired) electrons. The van der Waals surface area contributed by atoms with E-state index < -0.39 is 0 Å². The van der Waals surface area contributed by atoms with Crippen LogP contribution in [0.1, 0.15) is 27.7 Å². The van der Waals surface area contributed by atoms with Gasteiger partial charge in [0.2, 0.25) is 5.91 Å². The third kappa shape index (κ3) is 14.3. The summed E-state index contributed by atoms with van der Waals surface area (Å²) in [5.74, 6) is 0.169.